The highest BCUT2D eigenvalue weighted by Gasteiger charge is 2.27. The minimum Gasteiger partial charge on any atom is -0.388 e. The predicted octanol–water partition coefficient (Wildman–Crippen LogP) is 4.69. The molecule has 2 rings (SSSR count). The molecule has 0 bridgehead atoms. The van der Waals surface area contributed by atoms with Gasteiger partial charge in [0.25, 0.3) is 0 Å². The van der Waals surface area contributed by atoms with Gasteiger partial charge in [-0.2, -0.15) is 0 Å². The molecule has 0 aliphatic heterocycles. The van der Waals surface area contributed by atoms with E-state index in [9.17, 15) is 9.50 Å². The molecule has 0 saturated carbocycles. The van der Waals surface area contributed by atoms with Gasteiger partial charge in [-0.1, -0.05) is 62.7 Å². The van der Waals surface area contributed by atoms with Gasteiger partial charge in [0.15, 0.2) is 0 Å². The number of benzene rings is 2. The van der Waals surface area contributed by atoms with E-state index >= 15 is 0 Å². The van der Waals surface area contributed by atoms with Crippen LogP contribution in [0.3, 0.4) is 0 Å². The monoisotopic (exact) mass is 272 g/mol. The topological polar surface area (TPSA) is 20.2 Å². The third-order valence-corrected chi connectivity index (χ3v) is 3.99. The van der Waals surface area contributed by atoms with Crippen molar-refractivity contribution in [1.82, 2.24) is 0 Å². The van der Waals surface area contributed by atoms with Crippen molar-refractivity contribution in [2.24, 2.45) is 5.92 Å². The third-order valence-electron chi connectivity index (χ3n) is 3.99. The fourth-order valence-corrected chi connectivity index (χ4v) is 2.62. The Kier molecular flexibility index (Phi) is 4.91. The van der Waals surface area contributed by atoms with Crippen molar-refractivity contribution in [1.29, 1.82) is 0 Å². The summed E-state index contributed by atoms with van der Waals surface area (Å²) in [6, 6.07) is 16.2. The van der Waals surface area contributed by atoms with Crippen LogP contribution < -0.4 is 0 Å². The van der Waals surface area contributed by atoms with Crippen molar-refractivity contribution in [3.63, 3.8) is 0 Å². The number of halogens is 1. The summed E-state index contributed by atoms with van der Waals surface area (Å²) < 4.78 is 13.0. The molecular formula is C18H21FO. The van der Waals surface area contributed by atoms with Gasteiger partial charge < -0.3 is 5.11 Å². The molecule has 0 saturated heterocycles. The van der Waals surface area contributed by atoms with Crippen molar-refractivity contribution in [2.75, 3.05) is 0 Å². The van der Waals surface area contributed by atoms with Crippen molar-refractivity contribution in [3.8, 4) is 0 Å². The van der Waals surface area contributed by atoms with Gasteiger partial charge in [-0.15, -0.1) is 0 Å². The Labute approximate surface area is 120 Å². The normalized spacial score (nSPS) is 15.6. The Balaban J connectivity index is 2.34. The van der Waals surface area contributed by atoms with Crippen molar-refractivity contribution in [3.05, 3.63) is 71.5 Å². The number of aliphatic hydroxyl groups excluding tert-OH is 1. The van der Waals surface area contributed by atoms with Gasteiger partial charge in [0, 0.05) is 5.92 Å². The first-order valence-electron chi connectivity index (χ1n) is 7.12. The molecule has 2 aromatic carbocycles. The van der Waals surface area contributed by atoms with Gasteiger partial charge in [0.1, 0.15) is 5.82 Å². The number of aliphatic hydroxyl groups is 1. The van der Waals surface area contributed by atoms with E-state index in [4.69, 9.17) is 0 Å². The molecular weight excluding hydrogens is 251 g/mol. The van der Waals surface area contributed by atoms with Gasteiger partial charge >= 0.3 is 0 Å². The standard InChI is InChI=1S/C18H21FO/c1-3-13(2)17(14-7-5-4-6-8-14)18(20)15-9-11-16(19)12-10-15/h4-13,17-18,20H,3H2,1-2H3. The average molecular weight is 272 g/mol. The van der Waals surface area contributed by atoms with Crippen LogP contribution in [0, 0.1) is 11.7 Å². The molecule has 1 N–H and O–H groups in total. The summed E-state index contributed by atoms with van der Waals surface area (Å²) in [5.41, 5.74) is 1.89. The second-order valence-electron chi connectivity index (χ2n) is 5.32. The van der Waals surface area contributed by atoms with E-state index in [0.29, 0.717) is 5.92 Å². The minimum atomic E-state index is -0.618. The molecule has 0 radical (unpaired) electrons. The van der Waals surface area contributed by atoms with Crippen LogP contribution in [0.5, 0.6) is 0 Å². The van der Waals surface area contributed by atoms with E-state index in [1.54, 1.807) is 12.1 Å². The zero-order valence-electron chi connectivity index (χ0n) is 12.0. The van der Waals surface area contributed by atoms with Crippen LogP contribution in [0.1, 0.15) is 43.4 Å². The van der Waals surface area contributed by atoms with Gasteiger partial charge in [-0.3, -0.25) is 0 Å². The first-order valence-corrected chi connectivity index (χ1v) is 7.12. The second-order valence-corrected chi connectivity index (χ2v) is 5.32. The lowest BCUT2D eigenvalue weighted by atomic mass is 9.79. The smallest absolute Gasteiger partial charge is 0.123 e. The molecule has 0 aliphatic carbocycles. The van der Waals surface area contributed by atoms with Crippen LogP contribution in [-0.4, -0.2) is 5.11 Å². The zero-order valence-corrected chi connectivity index (χ0v) is 12.0. The van der Waals surface area contributed by atoms with Gasteiger partial charge in [-0.25, -0.2) is 4.39 Å². The summed E-state index contributed by atoms with van der Waals surface area (Å²) in [5, 5.41) is 10.7. The fourth-order valence-electron chi connectivity index (χ4n) is 2.62. The second kappa shape index (κ2) is 6.67. The molecule has 1 nitrogen and oxygen atoms in total. The molecule has 106 valence electrons. The van der Waals surface area contributed by atoms with E-state index in [2.05, 4.69) is 13.8 Å². The van der Waals surface area contributed by atoms with Gasteiger partial charge in [-0.05, 0) is 29.2 Å². The molecule has 0 fully saturated rings. The predicted molar refractivity (Wildman–Crippen MR) is 80.0 cm³/mol. The van der Waals surface area contributed by atoms with E-state index in [-0.39, 0.29) is 11.7 Å². The highest BCUT2D eigenvalue weighted by atomic mass is 19.1. The minimum absolute atomic E-state index is 0.0201. The SMILES string of the molecule is CCC(C)C(c1ccccc1)C(O)c1ccc(F)cc1. The van der Waals surface area contributed by atoms with Crippen LogP contribution in [0.4, 0.5) is 4.39 Å². The first-order chi connectivity index (χ1) is 9.63. The van der Waals surface area contributed by atoms with Crippen LogP contribution >= 0.6 is 0 Å². The highest BCUT2D eigenvalue weighted by Crippen LogP contribution is 2.38. The van der Waals surface area contributed by atoms with E-state index in [1.165, 1.54) is 12.1 Å². The summed E-state index contributed by atoms with van der Waals surface area (Å²) in [6.07, 6.45) is 0.366. The molecule has 20 heavy (non-hydrogen) atoms. The van der Waals surface area contributed by atoms with E-state index in [0.717, 1.165) is 17.5 Å². The van der Waals surface area contributed by atoms with Crippen LogP contribution in [-0.2, 0) is 0 Å². The Morgan fingerprint density at radius 1 is 0.950 bits per heavy atom. The number of hydrogen-bond acceptors (Lipinski definition) is 1. The van der Waals surface area contributed by atoms with E-state index in [1.807, 2.05) is 30.3 Å². The zero-order chi connectivity index (χ0) is 14.5. The molecule has 3 atom stereocenters. The lowest BCUT2D eigenvalue weighted by Crippen LogP contribution is -2.18. The van der Waals surface area contributed by atoms with Crippen molar-refractivity contribution < 1.29 is 9.50 Å². The lowest BCUT2D eigenvalue weighted by Gasteiger charge is -2.29. The van der Waals surface area contributed by atoms with Crippen molar-refractivity contribution >= 4 is 0 Å². The van der Waals surface area contributed by atoms with Crippen LogP contribution in [0.15, 0.2) is 54.6 Å². The summed E-state index contributed by atoms with van der Waals surface area (Å²) >= 11 is 0. The number of hydrogen-bond donors (Lipinski definition) is 1. The highest BCUT2D eigenvalue weighted by molar-refractivity contribution is 5.27. The fraction of sp³-hybridized carbons (Fsp3) is 0.333. The third kappa shape index (κ3) is 3.26. The molecule has 0 spiro atoms. The Hall–Kier alpha value is -1.67. The molecule has 2 aromatic rings. The summed E-state index contributed by atoms with van der Waals surface area (Å²) in [4.78, 5) is 0. The Bertz CT molecular complexity index is 521. The van der Waals surface area contributed by atoms with Gasteiger partial charge in [0.2, 0.25) is 0 Å². The largest absolute Gasteiger partial charge is 0.388 e. The quantitative estimate of drug-likeness (QED) is 0.837. The van der Waals surface area contributed by atoms with Crippen LogP contribution in [0.25, 0.3) is 0 Å². The van der Waals surface area contributed by atoms with Crippen LogP contribution in [0.2, 0.25) is 0 Å². The summed E-state index contributed by atoms with van der Waals surface area (Å²) in [6.45, 7) is 4.27. The molecule has 0 aliphatic rings. The maximum atomic E-state index is 13.0. The molecule has 3 unspecified atom stereocenters. The maximum Gasteiger partial charge on any atom is 0.123 e. The molecule has 2 heteroatoms. The molecule has 0 amide bonds. The Morgan fingerprint density at radius 2 is 1.55 bits per heavy atom. The lowest BCUT2D eigenvalue weighted by molar-refractivity contribution is 0.118. The van der Waals surface area contributed by atoms with Gasteiger partial charge in [0.05, 0.1) is 6.10 Å². The number of rotatable bonds is 5. The maximum absolute atomic E-state index is 13.0. The van der Waals surface area contributed by atoms with E-state index < -0.39 is 6.10 Å². The van der Waals surface area contributed by atoms with Crippen molar-refractivity contribution in [2.45, 2.75) is 32.3 Å². The molecule has 0 aromatic heterocycles. The Morgan fingerprint density at radius 3 is 2.10 bits per heavy atom. The first kappa shape index (κ1) is 14.7. The molecule has 0 heterocycles. The average Bonchev–Trinajstić information content (AvgIpc) is 2.49. The summed E-state index contributed by atoms with van der Waals surface area (Å²) in [5.74, 6) is 0.0878. The summed E-state index contributed by atoms with van der Waals surface area (Å²) in [7, 11) is 0.